The maximum atomic E-state index is 12.7. The molecule has 8 heteroatoms. The Morgan fingerprint density at radius 3 is 2.45 bits per heavy atom. The fourth-order valence-corrected chi connectivity index (χ4v) is 3.42. The van der Waals surface area contributed by atoms with Crippen molar-refractivity contribution in [2.75, 3.05) is 13.2 Å². The minimum Gasteiger partial charge on any atom is -0.493 e. The lowest BCUT2D eigenvalue weighted by molar-refractivity contribution is -0.141. The molecule has 2 aromatic carbocycles. The van der Waals surface area contributed by atoms with Crippen LogP contribution in [0, 0.1) is 11.8 Å². The first-order valence-corrected chi connectivity index (χ1v) is 10.5. The first-order valence-electron chi connectivity index (χ1n) is 10.5. The Bertz CT molecular complexity index is 1200. The van der Waals surface area contributed by atoms with Gasteiger partial charge in [0.2, 0.25) is 5.88 Å². The van der Waals surface area contributed by atoms with Gasteiger partial charge in [-0.2, -0.15) is 0 Å². The molecular formula is C25H26N2O6. The normalized spacial score (nSPS) is 11.6. The number of rotatable bonds is 9. The number of carboxylic acid groups (broad SMARTS) is 1. The highest BCUT2D eigenvalue weighted by atomic mass is 16.5. The van der Waals surface area contributed by atoms with Crippen LogP contribution >= 0.6 is 0 Å². The summed E-state index contributed by atoms with van der Waals surface area (Å²) in [6.45, 7) is -0.515. The summed E-state index contributed by atoms with van der Waals surface area (Å²) in [6, 6.07) is 16.9. The van der Waals surface area contributed by atoms with Crippen LogP contribution in [0.2, 0.25) is 0 Å². The van der Waals surface area contributed by atoms with E-state index >= 15 is 0 Å². The molecule has 8 nitrogen and oxygen atoms in total. The number of aliphatic hydroxyl groups excluding tert-OH is 1. The molecule has 1 heterocycles. The highest BCUT2D eigenvalue weighted by molar-refractivity contribution is 5.68. The van der Waals surface area contributed by atoms with E-state index in [1.165, 1.54) is 11.6 Å². The molecule has 0 aliphatic carbocycles. The molecular weight excluding hydrogens is 424 g/mol. The van der Waals surface area contributed by atoms with Gasteiger partial charge < -0.3 is 20.1 Å². The Kier molecular flexibility index (Phi) is 8.08. The summed E-state index contributed by atoms with van der Waals surface area (Å²) in [5, 5.41) is 29.5. The topological polar surface area (TPSA) is 114 Å². The number of aliphatic hydroxyl groups is 1. The number of imidazole rings is 1. The summed E-state index contributed by atoms with van der Waals surface area (Å²) in [4.78, 5) is 23.1. The number of nitrogens with zero attached hydrogens (tertiary/aromatic N) is 2. The molecule has 0 bridgehead atoms. The van der Waals surface area contributed by atoms with Gasteiger partial charge in [0, 0.05) is 7.05 Å². The molecule has 0 aliphatic heterocycles. The van der Waals surface area contributed by atoms with E-state index < -0.39 is 24.4 Å². The first-order chi connectivity index (χ1) is 15.9. The predicted octanol–water partition coefficient (Wildman–Crippen LogP) is 2.19. The lowest BCUT2D eigenvalue weighted by atomic mass is 10.0. The zero-order valence-electron chi connectivity index (χ0n) is 18.3. The van der Waals surface area contributed by atoms with E-state index in [1.807, 2.05) is 30.3 Å². The molecule has 1 aromatic heterocycles. The quantitative estimate of drug-likeness (QED) is 0.340. The molecule has 1 unspecified atom stereocenters. The van der Waals surface area contributed by atoms with E-state index in [0.29, 0.717) is 17.8 Å². The number of ether oxygens (including phenoxy) is 1. The second-order valence-electron chi connectivity index (χ2n) is 7.50. The van der Waals surface area contributed by atoms with Crippen molar-refractivity contribution < 1.29 is 24.9 Å². The summed E-state index contributed by atoms with van der Waals surface area (Å²) < 4.78 is 7.35. The van der Waals surface area contributed by atoms with Gasteiger partial charge in [-0.05, 0) is 36.1 Å². The summed E-state index contributed by atoms with van der Waals surface area (Å²) in [7, 11) is 1.46. The van der Waals surface area contributed by atoms with Gasteiger partial charge in [-0.25, -0.2) is 9.59 Å². The summed E-state index contributed by atoms with van der Waals surface area (Å²) >= 11 is 0. The van der Waals surface area contributed by atoms with Gasteiger partial charge in [0.05, 0.1) is 23.9 Å². The van der Waals surface area contributed by atoms with Crippen molar-refractivity contribution >= 4 is 5.97 Å². The molecule has 0 saturated carbocycles. The van der Waals surface area contributed by atoms with Gasteiger partial charge in [-0.15, -0.1) is 0 Å². The largest absolute Gasteiger partial charge is 0.493 e. The van der Waals surface area contributed by atoms with Crippen LogP contribution in [0.5, 0.6) is 5.88 Å². The van der Waals surface area contributed by atoms with Gasteiger partial charge in [0.15, 0.2) is 0 Å². The molecule has 33 heavy (non-hydrogen) atoms. The van der Waals surface area contributed by atoms with Gasteiger partial charge in [-0.3, -0.25) is 9.13 Å². The molecule has 3 rings (SSSR count). The molecule has 0 amide bonds. The number of aliphatic carboxylic acids is 1. The predicted molar refractivity (Wildman–Crippen MR) is 122 cm³/mol. The molecule has 0 fully saturated rings. The molecule has 1 atom stereocenters. The van der Waals surface area contributed by atoms with Crippen molar-refractivity contribution in [3.63, 3.8) is 0 Å². The van der Waals surface area contributed by atoms with E-state index in [1.54, 1.807) is 24.3 Å². The molecule has 0 aliphatic rings. The zero-order valence-corrected chi connectivity index (χ0v) is 18.3. The number of hydrogen-bond donors (Lipinski definition) is 3. The number of carbonyl (C=O) groups is 1. The zero-order chi connectivity index (χ0) is 23.8. The maximum Gasteiger partial charge on any atom is 0.335 e. The number of aryl methyl sites for hydroxylation is 1. The highest BCUT2D eigenvalue weighted by Crippen LogP contribution is 2.23. The monoisotopic (exact) mass is 450 g/mol. The number of aromatic nitrogens is 2. The Hall–Kier alpha value is -3.80. The van der Waals surface area contributed by atoms with Gasteiger partial charge >= 0.3 is 11.7 Å². The van der Waals surface area contributed by atoms with Crippen LogP contribution in [0.3, 0.4) is 0 Å². The van der Waals surface area contributed by atoms with Crippen LogP contribution in [-0.2, 0) is 29.4 Å². The average Bonchev–Trinajstić information content (AvgIpc) is 3.03. The van der Waals surface area contributed by atoms with Crippen LogP contribution in [-0.4, -0.2) is 43.6 Å². The summed E-state index contributed by atoms with van der Waals surface area (Å²) in [5.41, 5.74) is 2.31. The lowest BCUT2D eigenvalue weighted by Gasteiger charge is -2.12. The Morgan fingerprint density at radius 1 is 1.09 bits per heavy atom. The Labute approximate surface area is 191 Å². The van der Waals surface area contributed by atoms with Crippen LogP contribution < -0.4 is 5.69 Å². The number of aromatic hydroxyl groups is 1. The molecule has 0 radical (unpaired) electrons. The smallest absolute Gasteiger partial charge is 0.335 e. The molecule has 172 valence electrons. The summed E-state index contributed by atoms with van der Waals surface area (Å²) in [5.74, 6) is 4.17. The highest BCUT2D eigenvalue weighted by Gasteiger charge is 2.18. The lowest BCUT2D eigenvalue weighted by Crippen LogP contribution is -2.21. The third kappa shape index (κ3) is 6.13. The van der Waals surface area contributed by atoms with E-state index in [-0.39, 0.29) is 18.9 Å². The minimum absolute atomic E-state index is 0.0692. The maximum absolute atomic E-state index is 12.7. The standard InChI is InChI=1S/C25H26N2O6/c1-26-24(31)21(9-5-6-16-33-17-23(29)30)27(25(26)32)20-13-11-19(12-14-20)22(28)15-10-18-7-3-2-4-8-18/h2-4,7-8,11-14,22,28,31H,9-10,15-17H2,1H3,(H,29,30). The molecule has 3 N–H and O–H groups in total. The molecule has 0 saturated heterocycles. The van der Waals surface area contributed by atoms with E-state index in [9.17, 15) is 19.8 Å². The van der Waals surface area contributed by atoms with Crippen molar-refractivity contribution in [3.05, 3.63) is 81.9 Å². The second kappa shape index (κ2) is 11.2. The van der Waals surface area contributed by atoms with E-state index in [2.05, 4.69) is 11.8 Å². The number of hydrogen-bond acceptors (Lipinski definition) is 5. The molecule has 0 spiro atoms. The number of carboxylic acids is 1. The minimum atomic E-state index is -1.08. The first kappa shape index (κ1) is 23.9. The van der Waals surface area contributed by atoms with Gasteiger partial charge in [0.1, 0.15) is 13.2 Å². The third-order valence-corrected chi connectivity index (χ3v) is 5.19. The van der Waals surface area contributed by atoms with Crippen LogP contribution in [0.25, 0.3) is 5.69 Å². The summed E-state index contributed by atoms with van der Waals surface area (Å²) in [6.07, 6.45) is 0.741. The average molecular weight is 450 g/mol. The Morgan fingerprint density at radius 2 is 1.79 bits per heavy atom. The van der Waals surface area contributed by atoms with Gasteiger partial charge in [-0.1, -0.05) is 54.3 Å². The van der Waals surface area contributed by atoms with Crippen molar-refractivity contribution in [3.8, 4) is 23.4 Å². The van der Waals surface area contributed by atoms with E-state index in [0.717, 1.165) is 22.1 Å². The van der Waals surface area contributed by atoms with Crippen LogP contribution in [0.4, 0.5) is 0 Å². The van der Waals surface area contributed by atoms with Gasteiger partial charge in [0.25, 0.3) is 0 Å². The fourth-order valence-electron chi connectivity index (χ4n) is 3.42. The van der Waals surface area contributed by atoms with Crippen LogP contribution in [0.15, 0.2) is 59.4 Å². The Balaban J connectivity index is 1.73. The van der Waals surface area contributed by atoms with Crippen molar-refractivity contribution in [2.45, 2.75) is 25.4 Å². The van der Waals surface area contributed by atoms with Crippen molar-refractivity contribution in [2.24, 2.45) is 7.05 Å². The third-order valence-electron chi connectivity index (χ3n) is 5.19. The van der Waals surface area contributed by atoms with Crippen LogP contribution in [0.1, 0.15) is 29.3 Å². The fraction of sp³-hybridized carbons (Fsp3) is 0.280. The van der Waals surface area contributed by atoms with E-state index in [4.69, 9.17) is 9.84 Å². The number of benzene rings is 2. The SMILES string of the molecule is Cn1c(O)c(CC#CCOCC(=O)O)n(-c2ccc(C(O)CCc3ccccc3)cc2)c1=O. The van der Waals surface area contributed by atoms with Crippen molar-refractivity contribution in [1.29, 1.82) is 0 Å². The molecule has 3 aromatic rings. The van der Waals surface area contributed by atoms with Crippen molar-refractivity contribution in [1.82, 2.24) is 9.13 Å². The second-order valence-corrected chi connectivity index (χ2v) is 7.50.